The second kappa shape index (κ2) is 5.16. The van der Waals surface area contributed by atoms with Crippen LogP contribution in [0.25, 0.3) is 0 Å². The summed E-state index contributed by atoms with van der Waals surface area (Å²) < 4.78 is 5.29. The van der Waals surface area contributed by atoms with Crippen LogP contribution in [0, 0.1) is 0 Å². The van der Waals surface area contributed by atoms with Crippen molar-refractivity contribution in [3.05, 3.63) is 11.8 Å². The molecule has 18 heavy (non-hydrogen) atoms. The predicted octanol–water partition coefficient (Wildman–Crippen LogP) is 0.852. The van der Waals surface area contributed by atoms with Gasteiger partial charge in [-0.05, 0) is 6.42 Å². The van der Waals surface area contributed by atoms with Gasteiger partial charge in [0.2, 0.25) is 11.8 Å². The Hall–Kier alpha value is -1.92. The van der Waals surface area contributed by atoms with E-state index in [1.54, 1.807) is 0 Å². The van der Waals surface area contributed by atoms with Gasteiger partial charge in [0.15, 0.2) is 0 Å². The third kappa shape index (κ3) is 2.34. The molecule has 1 aromatic heterocycles. The summed E-state index contributed by atoms with van der Waals surface area (Å²) in [7, 11) is 0. The molecule has 1 fully saturated rings. The Bertz CT molecular complexity index is 457. The fraction of sp³-hybridized carbons (Fsp3) is 0.636. The molecule has 98 valence electrons. The van der Waals surface area contributed by atoms with E-state index in [1.807, 2.05) is 13.8 Å². The van der Waals surface area contributed by atoms with Gasteiger partial charge >= 0.3 is 6.03 Å². The maximum absolute atomic E-state index is 11.9. The third-order valence-electron chi connectivity index (χ3n) is 2.79. The first-order chi connectivity index (χ1) is 8.65. The summed E-state index contributed by atoms with van der Waals surface area (Å²) in [5.74, 6) is 0.563. The highest BCUT2D eigenvalue weighted by Gasteiger charge is 2.38. The summed E-state index contributed by atoms with van der Waals surface area (Å²) in [5.41, 5.74) is 0. The van der Waals surface area contributed by atoms with Crippen molar-refractivity contribution in [2.45, 2.75) is 45.7 Å². The van der Waals surface area contributed by atoms with E-state index < -0.39 is 12.1 Å². The first kappa shape index (κ1) is 12.5. The number of aryl methyl sites for hydroxylation is 1. The minimum absolute atomic E-state index is 0.0396. The minimum atomic E-state index is -0.420. The van der Waals surface area contributed by atoms with Gasteiger partial charge in [-0.15, -0.1) is 10.2 Å². The molecule has 1 aromatic rings. The number of hydrogen-bond donors (Lipinski definition) is 1. The summed E-state index contributed by atoms with van der Waals surface area (Å²) in [6, 6.07) is -0.814. The van der Waals surface area contributed by atoms with E-state index >= 15 is 0 Å². The lowest BCUT2D eigenvalue weighted by Crippen LogP contribution is -2.31. The molecule has 0 bridgehead atoms. The Balaban J connectivity index is 2.04. The number of hydrogen-bond acceptors (Lipinski definition) is 5. The quantitative estimate of drug-likeness (QED) is 0.785. The zero-order valence-corrected chi connectivity index (χ0v) is 10.5. The molecular weight excluding hydrogens is 236 g/mol. The van der Waals surface area contributed by atoms with Gasteiger partial charge in [0, 0.05) is 6.42 Å². The van der Waals surface area contributed by atoms with Crippen LogP contribution in [-0.4, -0.2) is 33.1 Å². The zero-order valence-electron chi connectivity index (χ0n) is 10.5. The van der Waals surface area contributed by atoms with Gasteiger partial charge in [-0.1, -0.05) is 20.3 Å². The van der Waals surface area contributed by atoms with Crippen LogP contribution in [0.2, 0.25) is 0 Å². The highest BCUT2D eigenvalue weighted by molar-refractivity contribution is 6.04. The summed E-state index contributed by atoms with van der Waals surface area (Å²) in [6.45, 7) is 3.90. The number of carbonyl (C=O) groups is 2. The number of rotatable bonds is 5. The normalized spacial score (nSPS) is 19.4. The molecule has 0 spiro atoms. The number of nitrogens with one attached hydrogen (secondary N) is 1. The van der Waals surface area contributed by atoms with Crippen LogP contribution >= 0.6 is 0 Å². The first-order valence-corrected chi connectivity index (χ1v) is 6.08. The smallest absolute Gasteiger partial charge is 0.325 e. The topological polar surface area (TPSA) is 88.3 Å². The molecule has 2 heterocycles. The van der Waals surface area contributed by atoms with E-state index in [4.69, 9.17) is 4.42 Å². The maximum atomic E-state index is 11.9. The van der Waals surface area contributed by atoms with Crippen molar-refractivity contribution in [1.29, 1.82) is 0 Å². The van der Waals surface area contributed by atoms with Crippen molar-refractivity contribution in [3.8, 4) is 0 Å². The van der Waals surface area contributed by atoms with Crippen LogP contribution in [0.4, 0.5) is 4.79 Å². The van der Waals surface area contributed by atoms with E-state index in [9.17, 15) is 9.59 Å². The summed E-state index contributed by atoms with van der Waals surface area (Å²) in [6.07, 6.45) is 2.11. The predicted molar refractivity (Wildman–Crippen MR) is 61.5 cm³/mol. The van der Waals surface area contributed by atoms with Gasteiger partial charge in [0.1, 0.15) is 12.6 Å². The fourth-order valence-electron chi connectivity index (χ4n) is 1.84. The van der Waals surface area contributed by atoms with Gasteiger partial charge in [0.25, 0.3) is 5.91 Å². The fourth-order valence-corrected chi connectivity index (χ4v) is 1.84. The molecule has 2 rings (SSSR count). The maximum Gasteiger partial charge on any atom is 0.325 e. The molecule has 3 amide bonds. The van der Waals surface area contributed by atoms with Crippen molar-refractivity contribution in [3.63, 3.8) is 0 Å². The summed E-state index contributed by atoms with van der Waals surface area (Å²) in [5, 5.41) is 10.2. The molecule has 0 aromatic carbocycles. The number of nitrogens with zero attached hydrogens (tertiary/aromatic N) is 3. The molecule has 1 atom stereocenters. The molecule has 0 saturated carbocycles. The number of aromatic nitrogens is 2. The lowest BCUT2D eigenvalue weighted by molar-refractivity contribution is -0.128. The van der Waals surface area contributed by atoms with E-state index in [0.717, 1.165) is 11.3 Å². The molecule has 0 aliphatic carbocycles. The largest absolute Gasteiger partial charge is 0.423 e. The van der Waals surface area contributed by atoms with Crippen LogP contribution in [0.1, 0.15) is 38.5 Å². The lowest BCUT2D eigenvalue weighted by Gasteiger charge is -2.09. The monoisotopic (exact) mass is 252 g/mol. The van der Waals surface area contributed by atoms with Crippen LogP contribution in [0.5, 0.6) is 0 Å². The standard InChI is InChI=1S/C11H16N4O3/c1-3-5-7-10(16)15(11(17)12-7)6-9-14-13-8(4-2)18-9/h7H,3-6H2,1-2H3,(H,12,17)/t7-/m0/s1. The highest BCUT2D eigenvalue weighted by Crippen LogP contribution is 2.14. The third-order valence-corrected chi connectivity index (χ3v) is 2.79. The number of amides is 3. The number of imide groups is 1. The Kier molecular flexibility index (Phi) is 3.59. The molecule has 1 aliphatic heterocycles. The van der Waals surface area contributed by atoms with Gasteiger partial charge in [-0.2, -0.15) is 0 Å². The molecule has 7 nitrogen and oxygen atoms in total. The average molecular weight is 252 g/mol. The molecular formula is C11H16N4O3. The minimum Gasteiger partial charge on any atom is -0.423 e. The zero-order chi connectivity index (χ0) is 13.1. The second-order valence-electron chi connectivity index (χ2n) is 4.16. The number of urea groups is 1. The lowest BCUT2D eigenvalue weighted by atomic mass is 10.2. The van der Waals surface area contributed by atoms with E-state index in [2.05, 4.69) is 15.5 Å². The highest BCUT2D eigenvalue weighted by atomic mass is 16.4. The van der Waals surface area contributed by atoms with E-state index in [-0.39, 0.29) is 18.3 Å². The van der Waals surface area contributed by atoms with Crippen molar-refractivity contribution in [2.75, 3.05) is 0 Å². The molecule has 7 heteroatoms. The van der Waals surface area contributed by atoms with Gasteiger partial charge < -0.3 is 9.73 Å². The molecule has 1 N–H and O–H groups in total. The SMILES string of the molecule is CCC[C@@H]1NC(=O)N(Cc2nnc(CC)o2)C1=O. The summed E-state index contributed by atoms with van der Waals surface area (Å²) >= 11 is 0. The molecule has 0 radical (unpaired) electrons. The molecule has 1 saturated heterocycles. The molecule has 0 unspecified atom stereocenters. The molecule has 1 aliphatic rings. The first-order valence-electron chi connectivity index (χ1n) is 6.08. The van der Waals surface area contributed by atoms with E-state index in [0.29, 0.717) is 18.7 Å². The van der Waals surface area contributed by atoms with Crippen molar-refractivity contribution in [1.82, 2.24) is 20.4 Å². The van der Waals surface area contributed by atoms with Crippen LogP contribution in [-0.2, 0) is 17.8 Å². The van der Waals surface area contributed by atoms with Crippen LogP contribution in [0.15, 0.2) is 4.42 Å². The van der Waals surface area contributed by atoms with Crippen molar-refractivity contribution in [2.24, 2.45) is 0 Å². The Morgan fingerprint density at radius 3 is 2.61 bits per heavy atom. The van der Waals surface area contributed by atoms with Gasteiger partial charge in [-0.3, -0.25) is 9.69 Å². The van der Waals surface area contributed by atoms with E-state index in [1.165, 1.54) is 0 Å². The summed E-state index contributed by atoms with van der Waals surface area (Å²) in [4.78, 5) is 24.7. The van der Waals surface area contributed by atoms with Gasteiger partial charge in [-0.25, -0.2) is 4.79 Å². The average Bonchev–Trinajstić information content (AvgIpc) is 2.91. The second-order valence-corrected chi connectivity index (χ2v) is 4.16. The number of carbonyl (C=O) groups excluding carboxylic acids is 2. The Morgan fingerprint density at radius 1 is 1.28 bits per heavy atom. The van der Waals surface area contributed by atoms with Crippen LogP contribution in [0.3, 0.4) is 0 Å². The van der Waals surface area contributed by atoms with Crippen molar-refractivity contribution >= 4 is 11.9 Å². The Labute approximate surface area is 105 Å². The Morgan fingerprint density at radius 2 is 2.00 bits per heavy atom. The van der Waals surface area contributed by atoms with Crippen molar-refractivity contribution < 1.29 is 14.0 Å². The van der Waals surface area contributed by atoms with Crippen LogP contribution < -0.4 is 5.32 Å². The van der Waals surface area contributed by atoms with Gasteiger partial charge in [0.05, 0.1) is 0 Å².